The molecular weight excluding hydrogens is 484 g/mol. The monoisotopic (exact) mass is 536 g/mol. The molecule has 0 N–H and O–H groups in total. The molecule has 0 amide bonds. The van der Waals surface area contributed by atoms with Gasteiger partial charge < -0.3 is 13.6 Å². The maximum Gasteiger partial charge on any atom is 0.305 e. The lowest BCUT2D eigenvalue weighted by Crippen LogP contribution is -2.45. The highest BCUT2D eigenvalue weighted by atomic mass is 28.4. The number of methoxy groups -OCH3 is 1. The maximum atomic E-state index is 13.1. The minimum Gasteiger partial charge on any atom is -0.469 e. The summed E-state index contributed by atoms with van der Waals surface area (Å²) in [6, 6.07) is 0. The molecule has 0 bridgehead atoms. The highest BCUT2D eigenvalue weighted by Crippen LogP contribution is 2.43. The molecular formula is C29H52O5Si2. The zero-order chi connectivity index (χ0) is 27.9. The summed E-state index contributed by atoms with van der Waals surface area (Å²) >= 11 is 0. The Bertz CT molecular complexity index is 836. The van der Waals surface area contributed by atoms with Gasteiger partial charge in [0.15, 0.2) is 16.6 Å². The van der Waals surface area contributed by atoms with E-state index >= 15 is 0 Å². The van der Waals surface area contributed by atoms with E-state index in [0.717, 1.165) is 0 Å². The number of unbranched alkanes of at least 4 members (excludes halogenated alkanes) is 1. The van der Waals surface area contributed by atoms with Crippen LogP contribution in [0.5, 0.6) is 0 Å². The van der Waals surface area contributed by atoms with Crippen molar-refractivity contribution in [2.45, 2.75) is 129 Å². The molecule has 1 saturated carbocycles. The van der Waals surface area contributed by atoms with Crippen molar-refractivity contribution in [3.05, 3.63) is 12.2 Å². The number of Topliss-reactive ketones (excluding diaryl/α,β-unsaturated/α-hetero) is 1. The van der Waals surface area contributed by atoms with Crippen molar-refractivity contribution in [3.63, 3.8) is 0 Å². The lowest BCUT2D eigenvalue weighted by molar-refractivity contribution is -0.140. The van der Waals surface area contributed by atoms with E-state index < -0.39 is 16.6 Å². The van der Waals surface area contributed by atoms with Crippen molar-refractivity contribution >= 4 is 28.4 Å². The van der Waals surface area contributed by atoms with Crippen molar-refractivity contribution < 1.29 is 23.2 Å². The maximum absolute atomic E-state index is 13.1. The Hall–Kier alpha value is -1.21. The lowest BCUT2D eigenvalue weighted by Gasteiger charge is -2.40. The third kappa shape index (κ3) is 9.59. The fraction of sp³-hybridized carbons (Fsp3) is 0.793. The van der Waals surface area contributed by atoms with Gasteiger partial charge in [0.25, 0.3) is 0 Å². The molecule has 0 heterocycles. The molecule has 0 saturated heterocycles. The van der Waals surface area contributed by atoms with Crippen molar-refractivity contribution in [3.8, 4) is 11.8 Å². The van der Waals surface area contributed by atoms with E-state index in [-0.39, 0.29) is 45.9 Å². The fourth-order valence-electron chi connectivity index (χ4n) is 3.80. The second kappa shape index (κ2) is 13.0. The first-order valence-corrected chi connectivity index (χ1v) is 19.2. The minimum absolute atomic E-state index is 0.0125. The van der Waals surface area contributed by atoms with Gasteiger partial charge in [-0.1, -0.05) is 53.7 Å². The van der Waals surface area contributed by atoms with Crippen LogP contribution in [0.1, 0.15) is 80.6 Å². The summed E-state index contributed by atoms with van der Waals surface area (Å²) in [5.41, 5.74) is 0. The number of carbonyl (C=O) groups excluding carboxylic acids is 2. The van der Waals surface area contributed by atoms with Gasteiger partial charge in [0.2, 0.25) is 0 Å². The first-order valence-electron chi connectivity index (χ1n) is 13.4. The number of ketones is 1. The average molecular weight is 537 g/mol. The molecule has 0 aliphatic heterocycles. The Balaban J connectivity index is 3.06. The SMILES string of the molecule is COC(=O)CCCC#CC[C@H]1C(=O)C[C@@H](O[Si](C)(C)C(C)(C)C)[C@@H]1/C=C/C(C)O[Si](C)(C)C(C)(C)C. The predicted octanol–water partition coefficient (Wildman–Crippen LogP) is 7.29. The third-order valence-electron chi connectivity index (χ3n) is 8.21. The number of ether oxygens (including phenoxy) is 1. The van der Waals surface area contributed by atoms with Crippen LogP contribution >= 0.6 is 0 Å². The van der Waals surface area contributed by atoms with Crippen LogP contribution in [0, 0.1) is 23.7 Å². The molecule has 0 aromatic carbocycles. The van der Waals surface area contributed by atoms with E-state index in [4.69, 9.17) is 8.85 Å². The summed E-state index contributed by atoms with van der Waals surface area (Å²) in [6.07, 6.45) is 6.76. The summed E-state index contributed by atoms with van der Waals surface area (Å²) in [5.74, 6) is 6.19. The standard InChI is InChI=1S/C29H52O5Si2/c1-22(33-35(9,10)28(2,3)4)19-20-24-23(17-15-13-14-16-18-27(31)32-8)25(30)21-26(24)34-36(11,12)29(5,6)7/h19-20,22-24,26H,14,16-18,21H2,1-12H3/b20-19+/t22?,23-,24-,26-/m1/s1. The van der Waals surface area contributed by atoms with Gasteiger partial charge in [-0.3, -0.25) is 9.59 Å². The van der Waals surface area contributed by atoms with Crippen molar-refractivity contribution in [1.29, 1.82) is 0 Å². The van der Waals surface area contributed by atoms with Crippen LogP contribution in [0.15, 0.2) is 12.2 Å². The van der Waals surface area contributed by atoms with Crippen LogP contribution in [0.25, 0.3) is 0 Å². The van der Waals surface area contributed by atoms with Crippen LogP contribution in [-0.4, -0.2) is 47.7 Å². The first-order chi connectivity index (χ1) is 16.3. The molecule has 0 aromatic heterocycles. The van der Waals surface area contributed by atoms with Gasteiger partial charge >= 0.3 is 5.97 Å². The fourth-order valence-corrected chi connectivity index (χ4v) is 6.51. The molecule has 36 heavy (non-hydrogen) atoms. The smallest absolute Gasteiger partial charge is 0.305 e. The number of rotatable bonds is 10. The number of hydrogen-bond donors (Lipinski definition) is 0. The minimum atomic E-state index is -2.04. The van der Waals surface area contributed by atoms with Crippen LogP contribution < -0.4 is 0 Å². The van der Waals surface area contributed by atoms with Crippen LogP contribution in [-0.2, 0) is 23.2 Å². The summed E-state index contributed by atoms with van der Waals surface area (Å²) in [5, 5.41) is 0.207. The number of esters is 1. The predicted molar refractivity (Wildman–Crippen MR) is 154 cm³/mol. The molecule has 0 radical (unpaired) electrons. The van der Waals surface area contributed by atoms with Crippen LogP contribution in [0.2, 0.25) is 36.3 Å². The summed E-state index contributed by atoms with van der Waals surface area (Å²) in [7, 11) is -2.55. The normalized spacial score (nSPS) is 22.4. The molecule has 7 heteroatoms. The zero-order valence-electron chi connectivity index (χ0n) is 25.0. The molecule has 1 aliphatic carbocycles. The molecule has 1 fully saturated rings. The Morgan fingerprint density at radius 3 is 2.17 bits per heavy atom. The quantitative estimate of drug-likeness (QED) is 0.0965. The van der Waals surface area contributed by atoms with E-state index in [1.807, 2.05) is 0 Å². The van der Waals surface area contributed by atoms with Crippen LogP contribution in [0.4, 0.5) is 0 Å². The van der Waals surface area contributed by atoms with Gasteiger partial charge in [0.05, 0.1) is 19.3 Å². The highest BCUT2D eigenvalue weighted by Gasteiger charge is 2.47. The molecule has 4 atom stereocenters. The number of hydrogen-bond acceptors (Lipinski definition) is 5. The van der Waals surface area contributed by atoms with Gasteiger partial charge in [-0.05, 0) is 49.6 Å². The van der Waals surface area contributed by atoms with Crippen molar-refractivity contribution in [1.82, 2.24) is 0 Å². The molecule has 1 rings (SSSR count). The lowest BCUT2D eigenvalue weighted by atomic mass is 9.90. The second-order valence-corrected chi connectivity index (χ2v) is 22.7. The topological polar surface area (TPSA) is 61.8 Å². The summed E-state index contributed by atoms with van der Waals surface area (Å²) in [4.78, 5) is 24.4. The van der Waals surface area contributed by atoms with E-state index in [0.29, 0.717) is 32.1 Å². The van der Waals surface area contributed by atoms with E-state index in [2.05, 4.69) is 103 Å². The van der Waals surface area contributed by atoms with Gasteiger partial charge in [-0.25, -0.2) is 0 Å². The Morgan fingerprint density at radius 1 is 1.06 bits per heavy atom. The largest absolute Gasteiger partial charge is 0.469 e. The zero-order valence-corrected chi connectivity index (χ0v) is 27.0. The molecule has 0 spiro atoms. The highest BCUT2D eigenvalue weighted by molar-refractivity contribution is 6.74. The molecule has 1 unspecified atom stereocenters. The first kappa shape index (κ1) is 32.8. The Labute approximate surface area is 223 Å². The van der Waals surface area contributed by atoms with Crippen molar-refractivity contribution in [2.24, 2.45) is 11.8 Å². The van der Waals surface area contributed by atoms with Gasteiger partial charge in [0, 0.05) is 37.5 Å². The van der Waals surface area contributed by atoms with E-state index in [1.165, 1.54) is 7.11 Å². The van der Waals surface area contributed by atoms with Gasteiger partial charge in [0.1, 0.15) is 5.78 Å². The van der Waals surface area contributed by atoms with E-state index in [1.54, 1.807) is 0 Å². The van der Waals surface area contributed by atoms with Gasteiger partial charge in [-0.15, -0.1) is 11.8 Å². The Kier molecular flexibility index (Phi) is 11.9. The van der Waals surface area contributed by atoms with E-state index in [9.17, 15) is 9.59 Å². The molecule has 206 valence electrons. The Morgan fingerprint density at radius 2 is 1.64 bits per heavy atom. The molecule has 5 nitrogen and oxygen atoms in total. The molecule has 1 aliphatic rings. The van der Waals surface area contributed by atoms with Crippen molar-refractivity contribution in [2.75, 3.05) is 7.11 Å². The van der Waals surface area contributed by atoms with Gasteiger partial charge in [-0.2, -0.15) is 0 Å². The van der Waals surface area contributed by atoms with Crippen LogP contribution in [0.3, 0.4) is 0 Å². The number of carbonyl (C=O) groups is 2. The third-order valence-corrected chi connectivity index (χ3v) is 17.3. The average Bonchev–Trinajstić information content (AvgIpc) is 3.00. The second-order valence-electron chi connectivity index (χ2n) is 13.2. The summed E-state index contributed by atoms with van der Waals surface area (Å²) < 4.78 is 18.0. The summed E-state index contributed by atoms with van der Waals surface area (Å²) in [6.45, 7) is 24.5. The molecule has 0 aromatic rings.